The fourth-order valence-electron chi connectivity index (χ4n) is 2.03. The number of anilines is 1. The number of halogens is 1. The first-order valence-corrected chi connectivity index (χ1v) is 6.51. The Bertz CT molecular complexity index is 871. The van der Waals surface area contributed by atoms with Crippen LogP contribution in [-0.2, 0) is 6.54 Å². The number of hydrogen-bond acceptors (Lipinski definition) is 3. The number of aromatic amines is 1. The van der Waals surface area contributed by atoms with Crippen molar-refractivity contribution in [1.29, 1.82) is 0 Å². The highest BCUT2D eigenvalue weighted by Gasteiger charge is 2.09. The van der Waals surface area contributed by atoms with E-state index in [1.165, 1.54) is 24.6 Å². The molecule has 0 radical (unpaired) electrons. The number of carbonyl (C=O) groups excluding carboxylic acids is 1. The van der Waals surface area contributed by atoms with Gasteiger partial charge in [-0.2, -0.15) is 0 Å². The van der Waals surface area contributed by atoms with Gasteiger partial charge in [-0.1, -0.05) is 0 Å². The van der Waals surface area contributed by atoms with Crippen molar-refractivity contribution in [2.24, 2.45) is 0 Å². The van der Waals surface area contributed by atoms with Crippen LogP contribution in [0.25, 0.3) is 10.9 Å². The summed E-state index contributed by atoms with van der Waals surface area (Å²) in [6, 6.07) is 6.70. The van der Waals surface area contributed by atoms with E-state index in [4.69, 9.17) is 4.42 Å². The lowest BCUT2D eigenvalue weighted by molar-refractivity contribution is 0.251. The quantitative estimate of drug-likeness (QED) is 0.695. The summed E-state index contributed by atoms with van der Waals surface area (Å²) in [6.45, 7) is 0.193. The monoisotopic (exact) mass is 301 g/mol. The van der Waals surface area contributed by atoms with Gasteiger partial charge in [0.2, 0.25) is 5.43 Å². The van der Waals surface area contributed by atoms with Crippen LogP contribution in [0.4, 0.5) is 14.9 Å². The van der Waals surface area contributed by atoms with Crippen molar-refractivity contribution in [2.45, 2.75) is 6.54 Å². The Balaban J connectivity index is 1.77. The highest BCUT2D eigenvalue weighted by atomic mass is 19.1. The van der Waals surface area contributed by atoms with E-state index < -0.39 is 17.3 Å². The second-order valence-corrected chi connectivity index (χ2v) is 4.61. The van der Waals surface area contributed by atoms with Crippen molar-refractivity contribution in [2.75, 3.05) is 5.32 Å². The molecule has 112 valence electrons. The molecule has 0 unspecified atom stereocenters. The van der Waals surface area contributed by atoms with Gasteiger partial charge in [0.1, 0.15) is 17.3 Å². The van der Waals surface area contributed by atoms with E-state index in [1.54, 1.807) is 12.1 Å². The first-order valence-electron chi connectivity index (χ1n) is 6.51. The van der Waals surface area contributed by atoms with Crippen molar-refractivity contribution < 1.29 is 13.6 Å². The molecule has 0 atom stereocenters. The smallest absolute Gasteiger partial charge is 0.319 e. The van der Waals surface area contributed by atoms with Crippen molar-refractivity contribution >= 4 is 22.6 Å². The SMILES string of the molecule is O=C(NCc1ccco1)Nc1c[nH]c2ccc(F)cc2c1=O. The van der Waals surface area contributed by atoms with Crippen LogP contribution in [0.15, 0.2) is 52.0 Å². The number of aromatic nitrogens is 1. The average molecular weight is 301 g/mol. The second kappa shape index (κ2) is 5.72. The number of furan rings is 1. The molecule has 3 N–H and O–H groups in total. The van der Waals surface area contributed by atoms with E-state index in [1.807, 2.05) is 0 Å². The molecule has 0 bridgehead atoms. The molecule has 3 rings (SSSR count). The van der Waals surface area contributed by atoms with E-state index in [2.05, 4.69) is 15.6 Å². The summed E-state index contributed by atoms with van der Waals surface area (Å²) in [5, 5.41) is 5.15. The summed E-state index contributed by atoms with van der Waals surface area (Å²) in [4.78, 5) is 26.8. The highest BCUT2D eigenvalue weighted by Crippen LogP contribution is 2.12. The molecule has 0 spiro atoms. The number of rotatable bonds is 3. The lowest BCUT2D eigenvalue weighted by Crippen LogP contribution is -2.30. The topological polar surface area (TPSA) is 87.1 Å². The van der Waals surface area contributed by atoms with Gasteiger partial charge < -0.3 is 20.0 Å². The molecule has 2 heterocycles. The van der Waals surface area contributed by atoms with Gasteiger partial charge in [0.05, 0.1) is 18.2 Å². The number of pyridine rings is 1. The van der Waals surface area contributed by atoms with Gasteiger partial charge in [-0.3, -0.25) is 4.79 Å². The van der Waals surface area contributed by atoms with Crippen LogP contribution in [0.1, 0.15) is 5.76 Å². The maximum Gasteiger partial charge on any atom is 0.319 e. The van der Waals surface area contributed by atoms with Gasteiger partial charge in [-0.05, 0) is 30.3 Å². The Hall–Kier alpha value is -3.09. The molecular weight excluding hydrogens is 289 g/mol. The molecule has 2 amide bonds. The van der Waals surface area contributed by atoms with E-state index in [-0.39, 0.29) is 17.6 Å². The fourth-order valence-corrected chi connectivity index (χ4v) is 2.03. The van der Waals surface area contributed by atoms with E-state index in [9.17, 15) is 14.0 Å². The molecule has 0 aliphatic heterocycles. The van der Waals surface area contributed by atoms with Crippen molar-refractivity contribution in [3.63, 3.8) is 0 Å². The Morgan fingerprint density at radius 3 is 2.95 bits per heavy atom. The zero-order valence-electron chi connectivity index (χ0n) is 11.4. The minimum absolute atomic E-state index is 0.0371. The third kappa shape index (κ3) is 2.83. The Morgan fingerprint density at radius 1 is 1.32 bits per heavy atom. The summed E-state index contributed by atoms with van der Waals surface area (Å²) in [6.07, 6.45) is 2.87. The molecule has 22 heavy (non-hydrogen) atoms. The van der Waals surface area contributed by atoms with Gasteiger partial charge >= 0.3 is 6.03 Å². The Labute approximate surface area is 124 Å². The van der Waals surface area contributed by atoms with E-state index >= 15 is 0 Å². The summed E-state index contributed by atoms with van der Waals surface area (Å²) in [5.74, 6) is 0.0714. The number of amides is 2. The van der Waals surface area contributed by atoms with E-state index in [0.717, 1.165) is 6.07 Å². The molecule has 7 heteroatoms. The van der Waals surface area contributed by atoms with Crippen molar-refractivity contribution in [3.8, 4) is 0 Å². The summed E-state index contributed by atoms with van der Waals surface area (Å²) >= 11 is 0. The molecular formula is C15H12FN3O3. The predicted molar refractivity (Wildman–Crippen MR) is 79.1 cm³/mol. The lowest BCUT2D eigenvalue weighted by Gasteiger charge is -2.07. The number of hydrogen-bond donors (Lipinski definition) is 3. The highest BCUT2D eigenvalue weighted by molar-refractivity contribution is 5.91. The largest absolute Gasteiger partial charge is 0.467 e. The maximum atomic E-state index is 13.2. The predicted octanol–water partition coefficient (Wildman–Crippen LogP) is 2.58. The fraction of sp³-hybridized carbons (Fsp3) is 0.0667. The third-order valence-electron chi connectivity index (χ3n) is 3.09. The van der Waals surface area contributed by atoms with E-state index in [0.29, 0.717) is 11.3 Å². The Kier molecular flexibility index (Phi) is 3.61. The molecule has 1 aromatic carbocycles. The van der Waals surface area contributed by atoms with Crippen LogP contribution in [-0.4, -0.2) is 11.0 Å². The van der Waals surface area contributed by atoms with Gasteiger partial charge in [-0.25, -0.2) is 9.18 Å². The molecule has 0 saturated heterocycles. The van der Waals surface area contributed by atoms with Crippen LogP contribution < -0.4 is 16.1 Å². The third-order valence-corrected chi connectivity index (χ3v) is 3.09. The minimum atomic E-state index is -0.558. The van der Waals surface area contributed by atoms with Gasteiger partial charge in [0.25, 0.3) is 0 Å². The zero-order chi connectivity index (χ0) is 15.5. The normalized spacial score (nSPS) is 10.6. The lowest BCUT2D eigenvalue weighted by atomic mass is 10.2. The van der Waals surface area contributed by atoms with Crippen LogP contribution in [0.5, 0.6) is 0 Å². The molecule has 0 saturated carbocycles. The summed E-state index contributed by atoms with van der Waals surface area (Å²) < 4.78 is 18.3. The minimum Gasteiger partial charge on any atom is -0.467 e. The number of carbonyl (C=O) groups is 1. The van der Waals surface area contributed by atoms with Gasteiger partial charge in [0, 0.05) is 11.7 Å². The molecule has 0 fully saturated rings. The molecule has 3 aromatic rings. The number of urea groups is 1. The molecule has 2 aromatic heterocycles. The summed E-state index contributed by atoms with van der Waals surface area (Å²) in [5.41, 5.74) is 0.0735. The van der Waals surface area contributed by atoms with Crippen molar-refractivity contribution in [3.05, 3.63) is 64.6 Å². The van der Waals surface area contributed by atoms with Crippen molar-refractivity contribution in [1.82, 2.24) is 10.3 Å². The van der Waals surface area contributed by atoms with Crippen LogP contribution in [0.2, 0.25) is 0 Å². The first-order chi connectivity index (χ1) is 10.6. The van der Waals surface area contributed by atoms with Gasteiger partial charge in [-0.15, -0.1) is 0 Å². The summed E-state index contributed by atoms with van der Waals surface area (Å²) in [7, 11) is 0. The number of benzene rings is 1. The number of H-pyrrole nitrogens is 1. The molecule has 0 aliphatic rings. The Morgan fingerprint density at radius 2 is 2.18 bits per heavy atom. The number of fused-ring (bicyclic) bond motifs is 1. The second-order valence-electron chi connectivity index (χ2n) is 4.61. The number of nitrogens with one attached hydrogen (secondary N) is 3. The van der Waals surface area contributed by atoms with Crippen LogP contribution >= 0.6 is 0 Å². The standard InChI is InChI=1S/C15H12FN3O3/c16-9-3-4-12-11(6-9)14(20)13(8-17-12)19-15(21)18-7-10-2-1-5-22-10/h1-6,8H,7H2,(H,17,20)(H2,18,19,21). The maximum absolute atomic E-state index is 13.2. The molecule has 0 aliphatic carbocycles. The first kappa shape index (κ1) is 13.9. The zero-order valence-corrected chi connectivity index (χ0v) is 11.4. The average Bonchev–Trinajstić information content (AvgIpc) is 3.02. The molecule has 6 nitrogen and oxygen atoms in total. The van der Waals surface area contributed by atoms with Gasteiger partial charge in [0.15, 0.2) is 0 Å². The van der Waals surface area contributed by atoms with Crippen LogP contribution in [0, 0.1) is 5.82 Å². The van der Waals surface area contributed by atoms with Crippen LogP contribution in [0.3, 0.4) is 0 Å².